The van der Waals surface area contributed by atoms with Crippen molar-refractivity contribution in [2.24, 2.45) is 0 Å². The zero-order valence-corrected chi connectivity index (χ0v) is 15.1. The molecule has 1 atom stereocenters. The van der Waals surface area contributed by atoms with Crippen LogP contribution in [0.3, 0.4) is 0 Å². The Balaban J connectivity index is 1.93. The average molecular weight is 381 g/mol. The molecule has 0 amide bonds. The number of aromatic amines is 2. The smallest absolute Gasteiger partial charge is 0.362 e. The lowest BCUT2D eigenvalue weighted by molar-refractivity contribution is -0.171. The van der Waals surface area contributed by atoms with Crippen LogP contribution < -0.4 is 5.32 Å². The zero-order valence-electron chi connectivity index (χ0n) is 15.1. The molecule has 2 aromatic heterocycles. The Morgan fingerprint density at radius 2 is 1.82 bits per heavy atom. The molecule has 2 aromatic carbocycles. The van der Waals surface area contributed by atoms with Crippen molar-refractivity contribution >= 4 is 16.6 Å². The highest BCUT2D eigenvalue weighted by Crippen LogP contribution is 2.50. The first kappa shape index (κ1) is 17.0. The number of fused-ring (bicyclic) bond motifs is 4. The molecule has 1 unspecified atom stereocenters. The van der Waals surface area contributed by atoms with Gasteiger partial charge in [0.2, 0.25) is 5.54 Å². The van der Waals surface area contributed by atoms with Crippen molar-refractivity contribution in [3.05, 3.63) is 88.9 Å². The van der Waals surface area contributed by atoms with Gasteiger partial charge in [0.1, 0.15) is 0 Å². The van der Waals surface area contributed by atoms with Crippen LogP contribution in [0.1, 0.15) is 28.1 Å². The van der Waals surface area contributed by atoms with Crippen LogP contribution in [0.5, 0.6) is 0 Å². The number of hydrogen-bond donors (Lipinski definition) is 3. The Labute approximate surface area is 159 Å². The lowest BCUT2D eigenvalue weighted by Gasteiger charge is -2.36. The maximum atomic E-state index is 14.8. The molecule has 0 spiro atoms. The van der Waals surface area contributed by atoms with Crippen LogP contribution in [0, 0.1) is 6.92 Å². The first-order valence-electron chi connectivity index (χ1n) is 9.08. The number of benzene rings is 2. The Hall–Kier alpha value is -3.15. The van der Waals surface area contributed by atoms with Crippen LogP contribution in [0.4, 0.5) is 18.9 Å². The second-order valence-electron chi connectivity index (χ2n) is 7.32. The van der Waals surface area contributed by atoms with Crippen LogP contribution in [0.2, 0.25) is 0 Å². The summed E-state index contributed by atoms with van der Waals surface area (Å²) in [7, 11) is 0. The number of para-hydroxylation sites is 1. The summed E-state index contributed by atoms with van der Waals surface area (Å²) < 4.78 is 44.5. The normalized spacial score (nSPS) is 19.0. The molecule has 3 nitrogen and oxygen atoms in total. The van der Waals surface area contributed by atoms with E-state index in [4.69, 9.17) is 0 Å². The van der Waals surface area contributed by atoms with Gasteiger partial charge in [-0.1, -0.05) is 29.8 Å². The number of H-pyrrole nitrogens is 2. The van der Waals surface area contributed by atoms with E-state index in [0.717, 1.165) is 16.5 Å². The third-order valence-electron chi connectivity index (χ3n) is 5.57. The third kappa shape index (κ3) is 2.24. The van der Waals surface area contributed by atoms with Crippen molar-refractivity contribution in [3.63, 3.8) is 0 Å². The van der Waals surface area contributed by atoms with E-state index in [1.54, 1.807) is 18.2 Å². The van der Waals surface area contributed by atoms with Gasteiger partial charge in [0, 0.05) is 29.2 Å². The second-order valence-corrected chi connectivity index (χ2v) is 7.32. The first-order valence-corrected chi connectivity index (χ1v) is 9.08. The predicted molar refractivity (Wildman–Crippen MR) is 104 cm³/mol. The monoisotopic (exact) mass is 381 g/mol. The van der Waals surface area contributed by atoms with E-state index in [9.17, 15) is 13.2 Å². The van der Waals surface area contributed by atoms with Crippen molar-refractivity contribution in [2.45, 2.75) is 25.1 Å². The van der Waals surface area contributed by atoms with E-state index in [-0.39, 0.29) is 11.4 Å². The van der Waals surface area contributed by atoms with Crippen molar-refractivity contribution in [1.82, 2.24) is 9.97 Å². The molecular formula is C22H18F3N3. The number of hydrogen-bond acceptors (Lipinski definition) is 1. The molecule has 0 saturated heterocycles. The number of rotatable bonds is 1. The molecule has 5 rings (SSSR count). The fourth-order valence-corrected chi connectivity index (χ4v) is 4.25. The van der Waals surface area contributed by atoms with E-state index in [0.29, 0.717) is 23.2 Å². The average Bonchev–Trinajstić information content (AvgIpc) is 3.26. The molecule has 1 aliphatic heterocycles. The van der Waals surface area contributed by atoms with E-state index < -0.39 is 11.7 Å². The number of halogens is 3. The van der Waals surface area contributed by atoms with Gasteiger partial charge in [-0.25, -0.2) is 0 Å². The summed E-state index contributed by atoms with van der Waals surface area (Å²) in [5.41, 5.74) is 1.51. The van der Waals surface area contributed by atoms with Crippen molar-refractivity contribution < 1.29 is 13.2 Å². The highest BCUT2D eigenvalue weighted by atomic mass is 19.4. The molecule has 28 heavy (non-hydrogen) atoms. The molecule has 0 bridgehead atoms. The van der Waals surface area contributed by atoms with Crippen LogP contribution >= 0.6 is 0 Å². The standard InChI is InChI=1S/C22H18F3N3/c1-13-8-9-18-15(11-13)16-12-14-5-2-3-6-17(14)28-21(20(16)27-18,22(23,24)25)19-7-4-10-26-19/h2-11,26-28H,12H2,1H3. The largest absolute Gasteiger partial charge is 0.422 e. The minimum atomic E-state index is -4.58. The summed E-state index contributed by atoms with van der Waals surface area (Å²) >= 11 is 0. The van der Waals surface area contributed by atoms with Crippen molar-refractivity contribution in [2.75, 3.05) is 5.32 Å². The molecule has 142 valence electrons. The van der Waals surface area contributed by atoms with Gasteiger partial charge in [-0.15, -0.1) is 0 Å². The highest BCUT2D eigenvalue weighted by molar-refractivity contribution is 5.87. The minimum Gasteiger partial charge on any atom is -0.362 e. The molecule has 0 fully saturated rings. The summed E-state index contributed by atoms with van der Waals surface area (Å²) in [5, 5.41) is 3.69. The SMILES string of the molecule is Cc1ccc2[nH]c3c(c2c1)Cc1ccccc1NC3(c1ccc[nH]1)C(F)(F)F. The van der Waals surface area contributed by atoms with Crippen molar-refractivity contribution in [1.29, 1.82) is 0 Å². The maximum absolute atomic E-state index is 14.8. The Morgan fingerprint density at radius 3 is 2.57 bits per heavy atom. The number of aryl methyl sites for hydroxylation is 1. The molecule has 0 radical (unpaired) electrons. The van der Waals surface area contributed by atoms with Crippen LogP contribution in [0.15, 0.2) is 60.8 Å². The summed E-state index contributed by atoms with van der Waals surface area (Å²) in [6.45, 7) is 1.95. The van der Waals surface area contributed by atoms with E-state index in [1.165, 1.54) is 12.3 Å². The molecule has 6 heteroatoms. The summed E-state index contributed by atoms with van der Waals surface area (Å²) in [4.78, 5) is 5.91. The van der Waals surface area contributed by atoms with Gasteiger partial charge < -0.3 is 15.3 Å². The van der Waals surface area contributed by atoms with Gasteiger partial charge in [0.25, 0.3) is 0 Å². The maximum Gasteiger partial charge on any atom is 0.422 e. The fraction of sp³-hybridized carbons (Fsp3) is 0.182. The van der Waals surface area contributed by atoms with Crippen LogP contribution in [0.25, 0.3) is 10.9 Å². The van der Waals surface area contributed by atoms with E-state index >= 15 is 0 Å². The lowest BCUT2D eigenvalue weighted by Crippen LogP contribution is -2.50. The topological polar surface area (TPSA) is 43.6 Å². The molecule has 3 N–H and O–H groups in total. The summed E-state index contributed by atoms with van der Waals surface area (Å²) in [6.07, 6.45) is -2.64. The van der Waals surface area contributed by atoms with E-state index in [2.05, 4.69) is 15.3 Å². The Bertz CT molecular complexity index is 1170. The summed E-state index contributed by atoms with van der Waals surface area (Å²) in [6, 6.07) is 16.0. The molecular weight excluding hydrogens is 363 g/mol. The lowest BCUT2D eigenvalue weighted by atomic mass is 9.87. The molecule has 1 aliphatic rings. The van der Waals surface area contributed by atoms with Crippen molar-refractivity contribution in [3.8, 4) is 0 Å². The number of nitrogens with one attached hydrogen (secondary N) is 3. The third-order valence-corrected chi connectivity index (χ3v) is 5.57. The number of aromatic nitrogens is 2. The Kier molecular flexibility index (Phi) is 3.44. The predicted octanol–water partition coefficient (Wildman–Crippen LogP) is 5.63. The van der Waals surface area contributed by atoms with Gasteiger partial charge in [0.15, 0.2) is 0 Å². The molecule has 0 saturated carbocycles. The molecule has 0 aliphatic carbocycles. The first-order chi connectivity index (χ1) is 13.4. The molecule has 4 aromatic rings. The van der Waals surface area contributed by atoms with E-state index in [1.807, 2.05) is 37.3 Å². The fourth-order valence-electron chi connectivity index (χ4n) is 4.25. The number of anilines is 1. The number of alkyl halides is 3. The van der Waals surface area contributed by atoms with Gasteiger partial charge in [-0.3, -0.25) is 0 Å². The van der Waals surface area contributed by atoms with Gasteiger partial charge in [-0.2, -0.15) is 13.2 Å². The van der Waals surface area contributed by atoms with Gasteiger partial charge >= 0.3 is 6.18 Å². The van der Waals surface area contributed by atoms with Gasteiger partial charge in [-0.05, 0) is 48.4 Å². The van der Waals surface area contributed by atoms with Crippen LogP contribution in [-0.4, -0.2) is 16.1 Å². The zero-order chi connectivity index (χ0) is 19.5. The Morgan fingerprint density at radius 1 is 1.00 bits per heavy atom. The molecule has 3 heterocycles. The summed E-state index contributed by atoms with van der Waals surface area (Å²) in [5.74, 6) is 0. The van der Waals surface area contributed by atoms with Crippen LogP contribution in [-0.2, 0) is 12.0 Å². The second kappa shape index (κ2) is 5.67. The minimum absolute atomic E-state index is 0.0567. The highest BCUT2D eigenvalue weighted by Gasteiger charge is 2.61. The quantitative estimate of drug-likeness (QED) is 0.393. The van der Waals surface area contributed by atoms with Gasteiger partial charge in [0.05, 0.1) is 11.4 Å².